The number of aromatic nitrogens is 1. The number of H-pyrrole nitrogens is 1. The lowest BCUT2D eigenvalue weighted by molar-refractivity contribution is 0.0902. The molecule has 1 heterocycles. The third kappa shape index (κ3) is 2.88. The molecule has 2 heteroatoms. The first-order chi connectivity index (χ1) is 6.41. The van der Waals surface area contributed by atoms with Crippen LogP contribution < -0.4 is 0 Å². The smallest absolute Gasteiger partial charge is 0.0256 e. The van der Waals surface area contributed by atoms with Gasteiger partial charge in [0.2, 0.25) is 0 Å². The SMILES string of the molecule is CC(C)N(Cc1cc[nH]c1)C(C)(C)C. The molecule has 0 aliphatic carbocycles. The molecule has 80 valence electrons. The summed E-state index contributed by atoms with van der Waals surface area (Å²) in [6.45, 7) is 12.3. The van der Waals surface area contributed by atoms with Gasteiger partial charge in [-0.15, -0.1) is 0 Å². The summed E-state index contributed by atoms with van der Waals surface area (Å²) in [4.78, 5) is 5.60. The van der Waals surface area contributed by atoms with Gasteiger partial charge in [0.1, 0.15) is 0 Å². The normalized spacial score (nSPS) is 12.8. The van der Waals surface area contributed by atoms with Crippen molar-refractivity contribution in [2.45, 2.75) is 52.7 Å². The highest BCUT2D eigenvalue weighted by molar-refractivity contribution is 5.08. The third-order valence-corrected chi connectivity index (χ3v) is 2.50. The molecule has 0 aromatic carbocycles. The molecule has 0 fully saturated rings. The Morgan fingerprint density at radius 3 is 2.36 bits per heavy atom. The van der Waals surface area contributed by atoms with E-state index in [9.17, 15) is 0 Å². The lowest BCUT2D eigenvalue weighted by Crippen LogP contribution is -2.45. The standard InChI is InChI=1S/C12H22N2/c1-10(2)14(12(3,4)5)9-11-6-7-13-8-11/h6-8,10,13H,9H2,1-5H3. The van der Waals surface area contributed by atoms with Crippen LogP contribution in [0.1, 0.15) is 40.2 Å². The number of hydrogen-bond acceptors (Lipinski definition) is 1. The first-order valence-electron chi connectivity index (χ1n) is 5.29. The van der Waals surface area contributed by atoms with E-state index in [1.807, 2.05) is 6.20 Å². The van der Waals surface area contributed by atoms with Crippen molar-refractivity contribution < 1.29 is 0 Å². The summed E-state index contributed by atoms with van der Waals surface area (Å²) in [5.41, 5.74) is 1.58. The Bertz CT molecular complexity index is 254. The van der Waals surface area contributed by atoms with Gasteiger partial charge in [-0.2, -0.15) is 0 Å². The van der Waals surface area contributed by atoms with E-state index in [0.29, 0.717) is 6.04 Å². The molecule has 14 heavy (non-hydrogen) atoms. The lowest BCUT2D eigenvalue weighted by atomic mass is 10.0. The summed E-state index contributed by atoms with van der Waals surface area (Å²) in [5.74, 6) is 0. The van der Waals surface area contributed by atoms with Gasteiger partial charge >= 0.3 is 0 Å². The zero-order valence-corrected chi connectivity index (χ0v) is 9.96. The van der Waals surface area contributed by atoms with E-state index in [-0.39, 0.29) is 5.54 Å². The molecule has 1 aromatic rings. The predicted octanol–water partition coefficient (Wildman–Crippen LogP) is 3.02. The first kappa shape index (κ1) is 11.3. The van der Waals surface area contributed by atoms with E-state index < -0.39 is 0 Å². The van der Waals surface area contributed by atoms with Crippen molar-refractivity contribution in [3.63, 3.8) is 0 Å². The highest BCUT2D eigenvalue weighted by atomic mass is 15.2. The Morgan fingerprint density at radius 2 is 2.00 bits per heavy atom. The second-order valence-electron chi connectivity index (χ2n) is 5.11. The molecule has 1 rings (SSSR count). The maximum absolute atomic E-state index is 3.10. The molecule has 0 saturated carbocycles. The highest BCUT2D eigenvalue weighted by Gasteiger charge is 2.23. The van der Waals surface area contributed by atoms with Crippen molar-refractivity contribution in [2.24, 2.45) is 0 Å². The summed E-state index contributed by atoms with van der Waals surface area (Å²) >= 11 is 0. The van der Waals surface area contributed by atoms with E-state index in [4.69, 9.17) is 0 Å². The number of rotatable bonds is 3. The number of hydrogen-bond donors (Lipinski definition) is 1. The molecule has 0 aliphatic rings. The lowest BCUT2D eigenvalue weighted by Gasteiger charge is -2.38. The van der Waals surface area contributed by atoms with Crippen molar-refractivity contribution in [3.8, 4) is 0 Å². The van der Waals surface area contributed by atoms with E-state index in [1.54, 1.807) is 0 Å². The molecular weight excluding hydrogens is 172 g/mol. The molecule has 0 amide bonds. The summed E-state index contributed by atoms with van der Waals surface area (Å²) < 4.78 is 0. The van der Waals surface area contributed by atoms with Crippen LogP contribution in [0.2, 0.25) is 0 Å². The van der Waals surface area contributed by atoms with E-state index >= 15 is 0 Å². The van der Waals surface area contributed by atoms with Gasteiger partial charge in [-0.25, -0.2) is 0 Å². The highest BCUT2D eigenvalue weighted by Crippen LogP contribution is 2.19. The molecule has 0 atom stereocenters. The fourth-order valence-electron chi connectivity index (χ4n) is 1.85. The largest absolute Gasteiger partial charge is 0.367 e. The Hall–Kier alpha value is -0.760. The number of nitrogens with zero attached hydrogens (tertiary/aromatic N) is 1. The summed E-state index contributed by atoms with van der Waals surface area (Å²) in [6, 6.07) is 2.71. The van der Waals surface area contributed by atoms with Gasteiger partial charge in [-0.3, -0.25) is 4.90 Å². The van der Waals surface area contributed by atoms with Gasteiger partial charge in [-0.1, -0.05) is 0 Å². The van der Waals surface area contributed by atoms with Crippen LogP contribution in [0, 0.1) is 0 Å². The van der Waals surface area contributed by atoms with Gasteiger partial charge in [-0.05, 0) is 46.2 Å². The summed E-state index contributed by atoms with van der Waals surface area (Å²) in [6.07, 6.45) is 4.05. The first-order valence-corrected chi connectivity index (χ1v) is 5.29. The second-order valence-corrected chi connectivity index (χ2v) is 5.11. The van der Waals surface area contributed by atoms with Crippen molar-refractivity contribution in [3.05, 3.63) is 24.0 Å². The van der Waals surface area contributed by atoms with Gasteiger partial charge in [0, 0.05) is 30.5 Å². The number of nitrogens with one attached hydrogen (secondary N) is 1. The monoisotopic (exact) mass is 194 g/mol. The quantitative estimate of drug-likeness (QED) is 0.783. The molecule has 1 aromatic heterocycles. The molecule has 0 spiro atoms. The van der Waals surface area contributed by atoms with Crippen LogP contribution >= 0.6 is 0 Å². The van der Waals surface area contributed by atoms with Crippen LogP contribution in [0.15, 0.2) is 18.5 Å². The minimum Gasteiger partial charge on any atom is -0.367 e. The molecule has 0 radical (unpaired) electrons. The van der Waals surface area contributed by atoms with Gasteiger partial charge in [0.15, 0.2) is 0 Å². The molecule has 0 bridgehead atoms. The van der Waals surface area contributed by atoms with Crippen molar-refractivity contribution in [2.75, 3.05) is 0 Å². The Balaban J connectivity index is 2.71. The van der Waals surface area contributed by atoms with Gasteiger partial charge < -0.3 is 4.98 Å². The fraction of sp³-hybridized carbons (Fsp3) is 0.667. The number of aromatic amines is 1. The minimum absolute atomic E-state index is 0.228. The maximum atomic E-state index is 3.10. The van der Waals surface area contributed by atoms with Crippen LogP contribution in [0.3, 0.4) is 0 Å². The van der Waals surface area contributed by atoms with Gasteiger partial charge in [0.25, 0.3) is 0 Å². The fourth-order valence-corrected chi connectivity index (χ4v) is 1.85. The Labute approximate surface area is 87.3 Å². The minimum atomic E-state index is 0.228. The van der Waals surface area contributed by atoms with Crippen LogP contribution in [0.25, 0.3) is 0 Å². The van der Waals surface area contributed by atoms with Crippen molar-refractivity contribution in [1.82, 2.24) is 9.88 Å². The molecule has 0 unspecified atom stereocenters. The van der Waals surface area contributed by atoms with Crippen LogP contribution in [0.4, 0.5) is 0 Å². The molecule has 2 nitrogen and oxygen atoms in total. The zero-order chi connectivity index (χ0) is 10.8. The molecule has 1 N–H and O–H groups in total. The van der Waals surface area contributed by atoms with E-state index in [1.165, 1.54) is 5.56 Å². The zero-order valence-electron chi connectivity index (χ0n) is 9.96. The molecule has 0 aliphatic heterocycles. The average Bonchev–Trinajstić information content (AvgIpc) is 2.48. The average molecular weight is 194 g/mol. The summed E-state index contributed by atoms with van der Waals surface area (Å²) in [7, 11) is 0. The van der Waals surface area contributed by atoms with Crippen LogP contribution in [0.5, 0.6) is 0 Å². The van der Waals surface area contributed by atoms with Crippen molar-refractivity contribution in [1.29, 1.82) is 0 Å². The Morgan fingerprint density at radius 1 is 1.36 bits per heavy atom. The van der Waals surface area contributed by atoms with E-state index in [0.717, 1.165) is 6.54 Å². The maximum Gasteiger partial charge on any atom is 0.0256 e. The van der Waals surface area contributed by atoms with Gasteiger partial charge in [0.05, 0.1) is 0 Å². The Kier molecular flexibility index (Phi) is 3.38. The predicted molar refractivity (Wildman–Crippen MR) is 61.2 cm³/mol. The summed E-state index contributed by atoms with van der Waals surface area (Å²) in [5, 5.41) is 0. The topological polar surface area (TPSA) is 19.0 Å². The molecule has 0 saturated heterocycles. The van der Waals surface area contributed by atoms with Crippen LogP contribution in [-0.4, -0.2) is 21.5 Å². The van der Waals surface area contributed by atoms with Crippen molar-refractivity contribution >= 4 is 0 Å². The second kappa shape index (κ2) is 4.18. The molecular formula is C12H22N2. The third-order valence-electron chi connectivity index (χ3n) is 2.50. The van der Waals surface area contributed by atoms with E-state index in [2.05, 4.69) is 56.8 Å². The van der Waals surface area contributed by atoms with Crippen LogP contribution in [-0.2, 0) is 6.54 Å².